The number of hydrogen-bond donors (Lipinski definition) is 1. The number of esters is 1. The Bertz CT molecular complexity index is 701. The third kappa shape index (κ3) is 2.26. The molecule has 21 heavy (non-hydrogen) atoms. The van der Waals surface area contributed by atoms with Gasteiger partial charge in [-0.15, -0.1) is 5.92 Å². The zero-order chi connectivity index (χ0) is 15.8. The van der Waals surface area contributed by atoms with E-state index in [1.807, 2.05) is 0 Å². The van der Waals surface area contributed by atoms with E-state index in [9.17, 15) is 14.7 Å². The molecule has 112 valence electrons. The lowest BCUT2D eigenvalue weighted by atomic mass is 9.71. The zero-order valence-corrected chi connectivity index (χ0v) is 12.7. The molecule has 5 nitrogen and oxygen atoms in total. The highest BCUT2D eigenvalue weighted by atomic mass is 16.5. The average molecular weight is 289 g/mol. The first-order valence-corrected chi connectivity index (χ1v) is 6.75. The number of rotatable bonds is 1. The van der Waals surface area contributed by atoms with Gasteiger partial charge in [0.15, 0.2) is 0 Å². The van der Waals surface area contributed by atoms with Crippen LogP contribution in [0.5, 0.6) is 0 Å². The summed E-state index contributed by atoms with van der Waals surface area (Å²) in [6.07, 6.45) is 1.59. The number of aliphatic hydroxyl groups is 1. The summed E-state index contributed by atoms with van der Waals surface area (Å²) in [5, 5.41) is 10.8. The van der Waals surface area contributed by atoms with Gasteiger partial charge >= 0.3 is 5.97 Å². The molecule has 1 aliphatic heterocycles. The molecule has 0 aromatic carbocycles. The van der Waals surface area contributed by atoms with Gasteiger partial charge in [0.2, 0.25) is 0 Å². The summed E-state index contributed by atoms with van der Waals surface area (Å²) in [6, 6.07) is 1.66. The number of nitrogens with zero attached hydrogens (tertiary/aromatic N) is 1. The topological polar surface area (TPSA) is 68.5 Å². The van der Waals surface area contributed by atoms with Crippen LogP contribution in [-0.4, -0.2) is 15.6 Å². The second-order valence-corrected chi connectivity index (χ2v) is 5.84. The zero-order valence-electron chi connectivity index (χ0n) is 12.7. The Labute approximate surface area is 123 Å². The number of pyridine rings is 1. The van der Waals surface area contributed by atoms with Gasteiger partial charge in [0, 0.05) is 6.20 Å². The van der Waals surface area contributed by atoms with Crippen LogP contribution in [0, 0.1) is 17.3 Å². The molecule has 0 fully saturated rings. The second kappa shape index (κ2) is 5.05. The van der Waals surface area contributed by atoms with Crippen LogP contribution >= 0.6 is 0 Å². The number of cyclic esters (lactones) is 1. The summed E-state index contributed by atoms with van der Waals surface area (Å²) in [4.78, 5) is 24.5. The average Bonchev–Trinajstić information content (AvgIpc) is 2.48. The molecule has 1 aromatic heterocycles. The van der Waals surface area contributed by atoms with E-state index in [0.717, 1.165) is 0 Å². The lowest BCUT2D eigenvalue weighted by molar-refractivity contribution is -0.169. The fourth-order valence-corrected chi connectivity index (χ4v) is 2.36. The lowest BCUT2D eigenvalue weighted by Crippen LogP contribution is -2.45. The minimum absolute atomic E-state index is 0.132. The van der Waals surface area contributed by atoms with Crippen LogP contribution in [0.4, 0.5) is 0 Å². The highest BCUT2D eigenvalue weighted by Crippen LogP contribution is 2.43. The van der Waals surface area contributed by atoms with E-state index in [4.69, 9.17) is 4.74 Å². The van der Waals surface area contributed by atoms with Gasteiger partial charge in [-0.05, 0) is 39.3 Å². The van der Waals surface area contributed by atoms with Crippen molar-refractivity contribution in [1.82, 2.24) is 4.57 Å². The predicted octanol–water partition coefficient (Wildman–Crippen LogP) is 1.16. The number of ether oxygens (including phenoxy) is 1. The van der Waals surface area contributed by atoms with Gasteiger partial charge in [0.05, 0.1) is 17.5 Å². The monoisotopic (exact) mass is 289 g/mol. The summed E-state index contributed by atoms with van der Waals surface area (Å²) in [6.45, 7) is 6.59. The van der Waals surface area contributed by atoms with Crippen molar-refractivity contribution >= 4 is 5.97 Å². The summed E-state index contributed by atoms with van der Waals surface area (Å²) in [5.74, 6) is 5.02. The largest absolute Gasteiger partial charge is 0.460 e. The Balaban J connectivity index is 2.66. The van der Waals surface area contributed by atoms with Crippen LogP contribution < -0.4 is 5.56 Å². The molecule has 0 aliphatic carbocycles. The van der Waals surface area contributed by atoms with Gasteiger partial charge in [0.1, 0.15) is 12.2 Å². The van der Waals surface area contributed by atoms with Crippen molar-refractivity contribution < 1.29 is 14.6 Å². The van der Waals surface area contributed by atoms with E-state index in [1.165, 1.54) is 11.5 Å². The summed E-state index contributed by atoms with van der Waals surface area (Å²) >= 11 is 0. The minimum atomic E-state index is -1.48. The first-order chi connectivity index (χ1) is 9.73. The highest BCUT2D eigenvalue weighted by molar-refractivity contribution is 5.78. The molecule has 0 saturated carbocycles. The number of aromatic nitrogens is 1. The van der Waals surface area contributed by atoms with E-state index in [2.05, 4.69) is 11.8 Å². The third-order valence-electron chi connectivity index (χ3n) is 4.29. The molecule has 1 atom stereocenters. The Hall–Kier alpha value is -2.06. The molecule has 1 unspecified atom stereocenters. The number of carbonyl (C=O) groups excluding carboxylic acids is 1. The fourth-order valence-electron chi connectivity index (χ4n) is 2.36. The molecule has 0 radical (unpaired) electrons. The maximum absolute atomic E-state index is 12.5. The van der Waals surface area contributed by atoms with Gasteiger partial charge in [-0.1, -0.05) is 5.92 Å². The Morgan fingerprint density at radius 2 is 2.05 bits per heavy atom. The molecule has 1 N–H and O–H groups in total. The van der Waals surface area contributed by atoms with Gasteiger partial charge in [-0.25, -0.2) is 0 Å². The third-order valence-corrected chi connectivity index (χ3v) is 4.29. The molecule has 1 aliphatic rings. The van der Waals surface area contributed by atoms with Crippen molar-refractivity contribution in [3.8, 4) is 11.8 Å². The molecule has 0 spiro atoms. The van der Waals surface area contributed by atoms with Gasteiger partial charge in [-0.2, -0.15) is 0 Å². The highest BCUT2D eigenvalue weighted by Gasteiger charge is 2.51. The van der Waals surface area contributed by atoms with Crippen LogP contribution in [0.15, 0.2) is 17.1 Å². The molecule has 2 heterocycles. The Morgan fingerprint density at radius 1 is 1.38 bits per heavy atom. The number of hydrogen-bond acceptors (Lipinski definition) is 4. The van der Waals surface area contributed by atoms with Crippen LogP contribution in [0.3, 0.4) is 0 Å². The summed E-state index contributed by atoms with van der Waals surface area (Å²) in [5.41, 5.74) is -2.17. The maximum Gasteiger partial charge on any atom is 0.315 e. The molecule has 0 bridgehead atoms. The van der Waals surface area contributed by atoms with Crippen molar-refractivity contribution in [3.63, 3.8) is 0 Å². The van der Waals surface area contributed by atoms with E-state index in [0.29, 0.717) is 11.1 Å². The van der Waals surface area contributed by atoms with E-state index < -0.39 is 17.0 Å². The molecule has 0 saturated heterocycles. The fraction of sp³-hybridized carbons (Fsp3) is 0.500. The quantitative estimate of drug-likeness (QED) is 0.622. The van der Waals surface area contributed by atoms with Crippen molar-refractivity contribution in [2.24, 2.45) is 5.41 Å². The van der Waals surface area contributed by atoms with Crippen LogP contribution in [0.2, 0.25) is 0 Å². The van der Waals surface area contributed by atoms with E-state index in [-0.39, 0.29) is 18.7 Å². The van der Waals surface area contributed by atoms with Crippen LogP contribution in [0.25, 0.3) is 0 Å². The lowest BCUT2D eigenvalue weighted by Gasteiger charge is -2.36. The van der Waals surface area contributed by atoms with Crippen molar-refractivity contribution in [2.45, 2.75) is 46.4 Å². The SMILES string of the molecule is CC#CCn1ccc2c(c1=O)COC(=O)C(C)(C)C2(C)O. The van der Waals surface area contributed by atoms with Gasteiger partial charge in [-0.3, -0.25) is 9.59 Å². The van der Waals surface area contributed by atoms with Crippen LogP contribution in [-0.2, 0) is 28.3 Å². The summed E-state index contributed by atoms with van der Waals surface area (Å²) in [7, 11) is 0. The first-order valence-electron chi connectivity index (χ1n) is 6.75. The summed E-state index contributed by atoms with van der Waals surface area (Å²) < 4.78 is 6.61. The Morgan fingerprint density at radius 3 is 2.67 bits per heavy atom. The van der Waals surface area contributed by atoms with E-state index >= 15 is 0 Å². The maximum atomic E-state index is 12.5. The minimum Gasteiger partial charge on any atom is -0.460 e. The van der Waals surface area contributed by atoms with Crippen molar-refractivity contribution in [3.05, 3.63) is 33.7 Å². The predicted molar refractivity (Wildman–Crippen MR) is 77.3 cm³/mol. The van der Waals surface area contributed by atoms with Crippen molar-refractivity contribution in [1.29, 1.82) is 0 Å². The normalized spacial score (nSPS) is 23.4. The van der Waals surface area contributed by atoms with E-state index in [1.54, 1.807) is 33.0 Å². The molecule has 1 aromatic rings. The Kier molecular flexibility index (Phi) is 3.68. The molecular weight excluding hydrogens is 270 g/mol. The van der Waals surface area contributed by atoms with Crippen LogP contribution in [0.1, 0.15) is 38.8 Å². The standard InChI is InChI=1S/C16H19NO4/c1-5-6-8-17-9-7-12-11(13(17)18)10-21-14(19)15(2,3)16(12,4)20/h7,9,20H,8,10H2,1-4H3. The number of carbonyl (C=O) groups is 1. The number of fused-ring (bicyclic) bond motifs is 1. The molecule has 2 rings (SSSR count). The second-order valence-electron chi connectivity index (χ2n) is 5.84. The van der Waals surface area contributed by atoms with Crippen molar-refractivity contribution in [2.75, 3.05) is 0 Å². The first kappa shape index (κ1) is 15.3. The molecular formula is C16H19NO4. The van der Waals surface area contributed by atoms with Gasteiger partial charge < -0.3 is 14.4 Å². The molecule has 0 amide bonds. The molecule has 5 heteroatoms. The smallest absolute Gasteiger partial charge is 0.315 e. The van der Waals surface area contributed by atoms with Gasteiger partial charge in [0.25, 0.3) is 5.56 Å².